The monoisotopic (exact) mass is 333 g/mol. The summed E-state index contributed by atoms with van der Waals surface area (Å²) >= 11 is 1.41. The Labute approximate surface area is 139 Å². The summed E-state index contributed by atoms with van der Waals surface area (Å²) < 4.78 is 13.7. The van der Waals surface area contributed by atoms with E-state index in [9.17, 15) is 9.18 Å². The molecule has 2 heterocycles. The van der Waals surface area contributed by atoms with Gasteiger partial charge in [-0.1, -0.05) is 18.2 Å². The molecule has 1 aliphatic heterocycles. The van der Waals surface area contributed by atoms with Crippen LogP contribution in [0.3, 0.4) is 0 Å². The largest absolute Gasteiger partial charge is 0.332 e. The van der Waals surface area contributed by atoms with Gasteiger partial charge in [-0.05, 0) is 25.5 Å². The number of amides is 1. The number of thiazole rings is 1. The van der Waals surface area contributed by atoms with Crippen molar-refractivity contribution in [2.24, 2.45) is 0 Å². The lowest BCUT2D eigenvalue weighted by Crippen LogP contribution is -2.57. The topological polar surface area (TPSA) is 45.2 Å². The number of rotatable bonds is 3. The number of piperazine rings is 1. The molecule has 1 aromatic heterocycles. The second-order valence-corrected chi connectivity index (χ2v) is 6.82. The van der Waals surface area contributed by atoms with Gasteiger partial charge in [0.25, 0.3) is 5.91 Å². The Morgan fingerprint density at radius 2 is 2.22 bits per heavy atom. The van der Waals surface area contributed by atoms with Crippen molar-refractivity contribution in [2.45, 2.75) is 32.4 Å². The maximum atomic E-state index is 13.7. The maximum absolute atomic E-state index is 13.7. The van der Waals surface area contributed by atoms with Gasteiger partial charge >= 0.3 is 0 Å². The fourth-order valence-corrected chi connectivity index (χ4v) is 3.58. The predicted octanol–water partition coefficient (Wildman–Crippen LogP) is 2.70. The lowest BCUT2D eigenvalue weighted by atomic mass is 10.1. The zero-order valence-corrected chi connectivity index (χ0v) is 14.1. The van der Waals surface area contributed by atoms with E-state index < -0.39 is 0 Å². The highest BCUT2D eigenvalue weighted by Crippen LogP contribution is 2.19. The Kier molecular flexibility index (Phi) is 4.73. The number of hydrogen-bond donors (Lipinski definition) is 1. The minimum atomic E-state index is -0.236. The Morgan fingerprint density at radius 1 is 1.43 bits per heavy atom. The highest BCUT2D eigenvalue weighted by atomic mass is 32.1. The number of nitrogens with one attached hydrogen (secondary N) is 1. The molecule has 23 heavy (non-hydrogen) atoms. The van der Waals surface area contributed by atoms with Gasteiger partial charge in [-0.3, -0.25) is 4.79 Å². The number of benzene rings is 1. The average Bonchev–Trinajstić information content (AvgIpc) is 3.00. The number of aromatic nitrogens is 1. The van der Waals surface area contributed by atoms with Crippen LogP contribution in [0.2, 0.25) is 0 Å². The number of halogens is 1. The molecule has 1 saturated heterocycles. The van der Waals surface area contributed by atoms with Crippen LogP contribution < -0.4 is 5.32 Å². The molecule has 0 radical (unpaired) electrons. The zero-order chi connectivity index (χ0) is 16.4. The van der Waals surface area contributed by atoms with Gasteiger partial charge in [0.05, 0.1) is 5.01 Å². The Hall–Kier alpha value is -1.79. The quantitative estimate of drug-likeness (QED) is 0.939. The van der Waals surface area contributed by atoms with Crippen molar-refractivity contribution < 1.29 is 9.18 Å². The SMILES string of the molecule is CC1NCCN(C(=O)c2csc(Cc3ccccc3F)n2)C1C. The molecule has 4 nitrogen and oxygen atoms in total. The molecule has 1 aromatic carbocycles. The predicted molar refractivity (Wildman–Crippen MR) is 89.3 cm³/mol. The highest BCUT2D eigenvalue weighted by Gasteiger charge is 2.29. The Balaban J connectivity index is 1.74. The number of hydrogen-bond acceptors (Lipinski definition) is 4. The molecule has 122 valence electrons. The third-order valence-electron chi connectivity index (χ3n) is 4.37. The maximum Gasteiger partial charge on any atom is 0.273 e. The minimum Gasteiger partial charge on any atom is -0.332 e. The summed E-state index contributed by atoms with van der Waals surface area (Å²) in [5, 5.41) is 5.89. The summed E-state index contributed by atoms with van der Waals surface area (Å²) in [5.41, 5.74) is 1.06. The van der Waals surface area contributed by atoms with Crippen LogP contribution in [-0.2, 0) is 6.42 Å². The lowest BCUT2D eigenvalue weighted by molar-refractivity contribution is 0.0597. The van der Waals surface area contributed by atoms with E-state index in [1.165, 1.54) is 17.4 Å². The third kappa shape index (κ3) is 3.43. The summed E-state index contributed by atoms with van der Waals surface area (Å²) in [4.78, 5) is 18.9. The van der Waals surface area contributed by atoms with Crippen LogP contribution in [0.5, 0.6) is 0 Å². The fraction of sp³-hybridized carbons (Fsp3) is 0.412. The molecule has 0 spiro atoms. The van der Waals surface area contributed by atoms with Crippen LogP contribution in [0.4, 0.5) is 4.39 Å². The standard InChI is InChI=1S/C17H20FN3OS/c1-11-12(2)21(8-7-19-11)17(22)15-10-23-16(20-15)9-13-5-3-4-6-14(13)18/h3-6,10-12,19H,7-9H2,1-2H3. The van der Waals surface area contributed by atoms with E-state index in [0.29, 0.717) is 24.2 Å². The average molecular weight is 333 g/mol. The van der Waals surface area contributed by atoms with Crippen LogP contribution in [0.25, 0.3) is 0 Å². The van der Waals surface area contributed by atoms with Crippen molar-refractivity contribution in [3.05, 3.63) is 51.7 Å². The van der Waals surface area contributed by atoms with Gasteiger partial charge in [0.2, 0.25) is 0 Å². The molecule has 0 aliphatic carbocycles. The summed E-state index contributed by atoms with van der Waals surface area (Å²) in [5.74, 6) is -0.276. The van der Waals surface area contributed by atoms with E-state index in [1.54, 1.807) is 17.5 Å². The first-order chi connectivity index (χ1) is 11.1. The first-order valence-corrected chi connectivity index (χ1v) is 8.66. The summed E-state index contributed by atoms with van der Waals surface area (Å²) in [6.07, 6.45) is 0.415. The number of carbonyl (C=O) groups excluding carboxylic acids is 1. The van der Waals surface area contributed by atoms with Crippen molar-refractivity contribution in [1.82, 2.24) is 15.2 Å². The van der Waals surface area contributed by atoms with Gasteiger partial charge < -0.3 is 10.2 Å². The van der Waals surface area contributed by atoms with E-state index >= 15 is 0 Å². The molecular formula is C17H20FN3OS. The van der Waals surface area contributed by atoms with Crippen LogP contribution in [0, 0.1) is 5.82 Å². The molecule has 1 N–H and O–H groups in total. The summed E-state index contributed by atoms with van der Waals surface area (Å²) in [6, 6.07) is 7.07. The van der Waals surface area contributed by atoms with E-state index in [1.807, 2.05) is 17.9 Å². The molecule has 2 atom stereocenters. The molecule has 2 unspecified atom stereocenters. The van der Waals surface area contributed by atoms with Crippen molar-refractivity contribution in [3.8, 4) is 0 Å². The normalized spacial score (nSPS) is 21.4. The highest BCUT2D eigenvalue weighted by molar-refractivity contribution is 7.09. The van der Waals surface area contributed by atoms with Gasteiger partial charge in [0.15, 0.2) is 0 Å². The zero-order valence-electron chi connectivity index (χ0n) is 13.3. The molecule has 1 fully saturated rings. The molecular weight excluding hydrogens is 313 g/mol. The van der Waals surface area contributed by atoms with E-state index in [2.05, 4.69) is 17.2 Å². The number of carbonyl (C=O) groups is 1. The van der Waals surface area contributed by atoms with Gasteiger partial charge in [-0.15, -0.1) is 11.3 Å². The van der Waals surface area contributed by atoms with Crippen molar-refractivity contribution in [2.75, 3.05) is 13.1 Å². The van der Waals surface area contributed by atoms with Crippen LogP contribution in [0.15, 0.2) is 29.6 Å². The second kappa shape index (κ2) is 6.76. The molecule has 2 aromatic rings. The first-order valence-electron chi connectivity index (χ1n) is 7.78. The van der Waals surface area contributed by atoms with Gasteiger partial charge in [-0.25, -0.2) is 9.37 Å². The lowest BCUT2D eigenvalue weighted by Gasteiger charge is -2.38. The van der Waals surface area contributed by atoms with E-state index in [0.717, 1.165) is 11.6 Å². The van der Waals surface area contributed by atoms with Gasteiger partial charge in [0, 0.05) is 37.0 Å². The van der Waals surface area contributed by atoms with Crippen molar-refractivity contribution >= 4 is 17.2 Å². The Morgan fingerprint density at radius 3 is 3.00 bits per heavy atom. The second-order valence-electron chi connectivity index (χ2n) is 5.88. The van der Waals surface area contributed by atoms with Gasteiger partial charge in [-0.2, -0.15) is 0 Å². The number of nitrogens with zero attached hydrogens (tertiary/aromatic N) is 2. The Bertz CT molecular complexity index is 703. The van der Waals surface area contributed by atoms with Crippen LogP contribution >= 0.6 is 11.3 Å². The summed E-state index contributed by atoms with van der Waals surface area (Å²) in [6.45, 7) is 5.60. The molecule has 1 amide bonds. The van der Waals surface area contributed by atoms with Crippen molar-refractivity contribution in [1.29, 1.82) is 0 Å². The van der Waals surface area contributed by atoms with Crippen LogP contribution in [0.1, 0.15) is 34.9 Å². The molecule has 6 heteroatoms. The van der Waals surface area contributed by atoms with E-state index in [-0.39, 0.29) is 23.8 Å². The van der Waals surface area contributed by atoms with Crippen molar-refractivity contribution in [3.63, 3.8) is 0 Å². The molecule has 3 rings (SSSR count). The minimum absolute atomic E-state index is 0.0399. The van der Waals surface area contributed by atoms with Crippen LogP contribution in [-0.4, -0.2) is 41.0 Å². The summed E-state index contributed by atoms with van der Waals surface area (Å²) in [7, 11) is 0. The smallest absolute Gasteiger partial charge is 0.273 e. The fourth-order valence-electron chi connectivity index (χ4n) is 2.79. The van der Waals surface area contributed by atoms with Gasteiger partial charge in [0.1, 0.15) is 11.5 Å². The molecule has 1 aliphatic rings. The molecule has 0 bridgehead atoms. The molecule has 0 saturated carbocycles. The third-order valence-corrected chi connectivity index (χ3v) is 5.21. The first kappa shape index (κ1) is 16.1. The van der Waals surface area contributed by atoms with E-state index in [4.69, 9.17) is 0 Å².